The fraction of sp³-hybridized carbons (Fsp3) is 0.0769. The van der Waals surface area contributed by atoms with E-state index in [1.54, 1.807) is 0 Å². The number of anilines is 1. The number of fused-ring (bicyclic) bond motifs is 1. The van der Waals surface area contributed by atoms with Crippen molar-refractivity contribution < 1.29 is 0 Å². The van der Waals surface area contributed by atoms with E-state index < -0.39 is 0 Å². The Morgan fingerprint density at radius 3 is 2.53 bits per heavy atom. The molecular weight excluding hydrogens is 184 g/mol. The molecule has 15 heavy (non-hydrogen) atoms. The van der Waals surface area contributed by atoms with Gasteiger partial charge in [-0.1, -0.05) is 30.4 Å². The van der Waals surface area contributed by atoms with Crippen molar-refractivity contribution in [3.05, 3.63) is 48.0 Å². The van der Waals surface area contributed by atoms with E-state index in [-0.39, 0.29) is 0 Å². The number of nitrogen functional groups attached to an aromatic ring is 1. The first-order chi connectivity index (χ1) is 7.29. The van der Waals surface area contributed by atoms with Crippen molar-refractivity contribution in [3.63, 3.8) is 0 Å². The van der Waals surface area contributed by atoms with Crippen LogP contribution in [0.15, 0.2) is 42.5 Å². The lowest BCUT2D eigenvalue weighted by Crippen LogP contribution is -1.91. The van der Waals surface area contributed by atoms with Gasteiger partial charge in [-0.15, -0.1) is 0 Å². The molecule has 0 spiro atoms. The lowest BCUT2D eigenvalue weighted by atomic mass is 10.1. The topological polar surface area (TPSA) is 52.0 Å². The van der Waals surface area contributed by atoms with E-state index in [0.717, 1.165) is 11.3 Å². The Labute approximate surface area is 89.2 Å². The van der Waals surface area contributed by atoms with Gasteiger partial charge in [-0.3, -0.25) is 0 Å². The Bertz CT molecular complexity index is 501. The maximum absolute atomic E-state index is 5.71. The van der Waals surface area contributed by atoms with Crippen molar-refractivity contribution in [3.8, 4) is 0 Å². The van der Waals surface area contributed by atoms with E-state index in [0.29, 0.717) is 6.54 Å². The molecule has 0 aliphatic carbocycles. The SMILES string of the molecule is NCC=Cc1ccc2cc(N)ccc2c1. The molecule has 0 saturated heterocycles. The minimum absolute atomic E-state index is 0.569. The van der Waals surface area contributed by atoms with Crippen molar-refractivity contribution in [1.82, 2.24) is 0 Å². The monoisotopic (exact) mass is 198 g/mol. The van der Waals surface area contributed by atoms with Crippen LogP contribution in [-0.2, 0) is 0 Å². The zero-order valence-electron chi connectivity index (χ0n) is 8.48. The molecule has 4 N–H and O–H groups in total. The predicted molar refractivity (Wildman–Crippen MR) is 66.4 cm³/mol. The van der Waals surface area contributed by atoms with Crippen molar-refractivity contribution in [2.24, 2.45) is 5.73 Å². The first-order valence-corrected chi connectivity index (χ1v) is 4.95. The van der Waals surface area contributed by atoms with Gasteiger partial charge in [0, 0.05) is 12.2 Å². The molecule has 76 valence electrons. The third kappa shape index (κ3) is 2.17. The first-order valence-electron chi connectivity index (χ1n) is 4.95. The highest BCUT2D eigenvalue weighted by molar-refractivity contribution is 5.87. The molecule has 2 heteroatoms. The van der Waals surface area contributed by atoms with Crippen molar-refractivity contribution >= 4 is 22.5 Å². The normalized spacial score (nSPS) is 11.3. The molecule has 0 aromatic heterocycles. The molecule has 2 nitrogen and oxygen atoms in total. The molecule has 0 atom stereocenters. The molecule has 0 aliphatic heterocycles. The number of hydrogen-bond donors (Lipinski definition) is 2. The minimum atomic E-state index is 0.569. The fourth-order valence-electron chi connectivity index (χ4n) is 1.59. The molecule has 0 radical (unpaired) electrons. The molecule has 2 aromatic carbocycles. The van der Waals surface area contributed by atoms with Gasteiger partial charge in [-0.25, -0.2) is 0 Å². The van der Waals surface area contributed by atoms with Crippen LogP contribution in [0.1, 0.15) is 5.56 Å². The maximum Gasteiger partial charge on any atom is 0.0320 e. The van der Waals surface area contributed by atoms with E-state index in [4.69, 9.17) is 11.5 Å². The van der Waals surface area contributed by atoms with Gasteiger partial charge in [0.25, 0.3) is 0 Å². The second-order valence-electron chi connectivity index (χ2n) is 3.50. The molecule has 0 amide bonds. The number of benzene rings is 2. The summed E-state index contributed by atoms with van der Waals surface area (Å²) in [7, 11) is 0. The van der Waals surface area contributed by atoms with Crippen LogP contribution in [-0.4, -0.2) is 6.54 Å². The highest BCUT2D eigenvalue weighted by atomic mass is 14.5. The third-order valence-corrected chi connectivity index (χ3v) is 2.33. The average molecular weight is 198 g/mol. The van der Waals surface area contributed by atoms with E-state index >= 15 is 0 Å². The van der Waals surface area contributed by atoms with Crippen LogP contribution in [0.5, 0.6) is 0 Å². The number of nitrogens with two attached hydrogens (primary N) is 2. The van der Waals surface area contributed by atoms with Gasteiger partial charge in [-0.05, 0) is 34.5 Å². The van der Waals surface area contributed by atoms with Crippen LogP contribution in [0, 0.1) is 0 Å². The molecule has 0 heterocycles. The summed E-state index contributed by atoms with van der Waals surface area (Å²) in [5.41, 5.74) is 13.1. The quantitative estimate of drug-likeness (QED) is 0.728. The number of hydrogen-bond acceptors (Lipinski definition) is 2. The van der Waals surface area contributed by atoms with Gasteiger partial charge in [0.15, 0.2) is 0 Å². The number of rotatable bonds is 2. The summed E-state index contributed by atoms with van der Waals surface area (Å²) in [5, 5.41) is 2.36. The van der Waals surface area contributed by atoms with Gasteiger partial charge in [-0.2, -0.15) is 0 Å². The first kappa shape index (κ1) is 9.74. The predicted octanol–water partition coefficient (Wildman–Crippen LogP) is 2.39. The second kappa shape index (κ2) is 4.15. The molecule has 2 aromatic rings. The van der Waals surface area contributed by atoms with E-state index in [2.05, 4.69) is 18.2 Å². The Balaban J connectivity index is 2.47. The summed E-state index contributed by atoms with van der Waals surface area (Å²) in [6.07, 6.45) is 3.97. The molecule has 0 bridgehead atoms. The summed E-state index contributed by atoms with van der Waals surface area (Å²) in [6, 6.07) is 12.2. The van der Waals surface area contributed by atoms with E-state index in [1.807, 2.05) is 30.4 Å². The van der Waals surface area contributed by atoms with Crippen LogP contribution in [0.4, 0.5) is 5.69 Å². The van der Waals surface area contributed by atoms with Crippen LogP contribution < -0.4 is 11.5 Å². The van der Waals surface area contributed by atoms with Gasteiger partial charge < -0.3 is 11.5 Å². The van der Waals surface area contributed by atoms with Crippen molar-refractivity contribution in [2.45, 2.75) is 0 Å². The molecule has 0 fully saturated rings. The lowest BCUT2D eigenvalue weighted by Gasteiger charge is -2.01. The van der Waals surface area contributed by atoms with Crippen molar-refractivity contribution in [2.75, 3.05) is 12.3 Å². The highest BCUT2D eigenvalue weighted by Crippen LogP contribution is 2.19. The van der Waals surface area contributed by atoms with Gasteiger partial charge >= 0.3 is 0 Å². The zero-order valence-corrected chi connectivity index (χ0v) is 8.48. The summed E-state index contributed by atoms with van der Waals surface area (Å²) in [6.45, 7) is 0.569. The molecule has 2 rings (SSSR count). The third-order valence-electron chi connectivity index (χ3n) is 2.33. The fourth-order valence-corrected chi connectivity index (χ4v) is 1.59. The van der Waals surface area contributed by atoms with E-state index in [1.165, 1.54) is 10.8 Å². The maximum atomic E-state index is 5.71. The molecular formula is C13H14N2. The standard InChI is InChI=1S/C13H14N2/c14-7-1-2-10-3-4-12-9-13(15)6-5-11(12)8-10/h1-6,8-9H,7,14-15H2. The Kier molecular flexibility index (Phi) is 2.70. The molecule has 0 saturated carbocycles. The Morgan fingerprint density at radius 1 is 1.00 bits per heavy atom. The average Bonchev–Trinajstić information content (AvgIpc) is 2.26. The Hall–Kier alpha value is -1.80. The summed E-state index contributed by atoms with van der Waals surface area (Å²) >= 11 is 0. The van der Waals surface area contributed by atoms with Crippen LogP contribution in [0.25, 0.3) is 16.8 Å². The van der Waals surface area contributed by atoms with Gasteiger partial charge in [0.2, 0.25) is 0 Å². The second-order valence-corrected chi connectivity index (χ2v) is 3.50. The summed E-state index contributed by atoms with van der Waals surface area (Å²) < 4.78 is 0. The highest BCUT2D eigenvalue weighted by Gasteiger charge is 1.94. The van der Waals surface area contributed by atoms with Gasteiger partial charge in [0.05, 0.1) is 0 Å². The van der Waals surface area contributed by atoms with Crippen LogP contribution in [0.3, 0.4) is 0 Å². The summed E-state index contributed by atoms with van der Waals surface area (Å²) in [4.78, 5) is 0. The smallest absolute Gasteiger partial charge is 0.0320 e. The zero-order chi connectivity index (χ0) is 10.7. The largest absolute Gasteiger partial charge is 0.399 e. The van der Waals surface area contributed by atoms with Crippen LogP contribution in [0.2, 0.25) is 0 Å². The summed E-state index contributed by atoms with van der Waals surface area (Å²) in [5.74, 6) is 0. The van der Waals surface area contributed by atoms with Crippen molar-refractivity contribution in [1.29, 1.82) is 0 Å². The molecule has 0 unspecified atom stereocenters. The lowest BCUT2D eigenvalue weighted by molar-refractivity contribution is 1.26. The van der Waals surface area contributed by atoms with Gasteiger partial charge in [0.1, 0.15) is 0 Å². The van der Waals surface area contributed by atoms with E-state index in [9.17, 15) is 0 Å². The minimum Gasteiger partial charge on any atom is -0.399 e. The Morgan fingerprint density at radius 2 is 1.73 bits per heavy atom. The molecule has 0 aliphatic rings. The van der Waals surface area contributed by atoms with Crippen LogP contribution >= 0.6 is 0 Å².